The average Bonchev–Trinajstić information content (AvgIpc) is 2.59. The molecular weight excluding hydrogens is 214 g/mol. The summed E-state index contributed by atoms with van der Waals surface area (Å²) >= 11 is 1.50. The van der Waals surface area contributed by atoms with Gasteiger partial charge in [-0.15, -0.1) is 0 Å². The van der Waals surface area contributed by atoms with Crippen LogP contribution in [0.1, 0.15) is 17.5 Å². The number of amides is 1. The third kappa shape index (κ3) is 2.45. The van der Waals surface area contributed by atoms with Crippen molar-refractivity contribution in [3.05, 3.63) is 10.6 Å². The maximum Gasteiger partial charge on any atom is 0.413 e. The Morgan fingerprint density at radius 3 is 3.33 bits per heavy atom. The van der Waals surface area contributed by atoms with Crippen molar-refractivity contribution in [3.63, 3.8) is 0 Å². The van der Waals surface area contributed by atoms with Gasteiger partial charge in [0.25, 0.3) is 0 Å². The number of carbonyl (C=O) groups excluding carboxylic acids is 1. The second kappa shape index (κ2) is 4.59. The number of carbonyl (C=O) groups is 1. The molecule has 82 valence electrons. The van der Waals surface area contributed by atoms with Crippen LogP contribution >= 0.6 is 11.3 Å². The van der Waals surface area contributed by atoms with Crippen LogP contribution in [0.2, 0.25) is 0 Å². The summed E-state index contributed by atoms with van der Waals surface area (Å²) in [7, 11) is 0. The van der Waals surface area contributed by atoms with Crippen molar-refractivity contribution in [2.45, 2.75) is 19.9 Å². The number of hydrogen-bond acceptors (Lipinski definition) is 5. The normalized spacial score (nSPS) is 14.5. The van der Waals surface area contributed by atoms with Crippen LogP contribution in [0.15, 0.2) is 0 Å². The first kappa shape index (κ1) is 10.4. The van der Waals surface area contributed by atoms with Gasteiger partial charge in [-0.25, -0.2) is 9.78 Å². The highest BCUT2D eigenvalue weighted by molar-refractivity contribution is 7.15. The lowest BCUT2D eigenvalue weighted by atomic mass is 10.2. The van der Waals surface area contributed by atoms with Crippen molar-refractivity contribution in [1.82, 2.24) is 10.3 Å². The highest BCUT2D eigenvalue weighted by Gasteiger charge is 2.15. The molecule has 2 N–H and O–H groups in total. The molecule has 0 aliphatic carbocycles. The molecule has 0 spiro atoms. The molecule has 1 aromatic rings. The zero-order valence-corrected chi connectivity index (χ0v) is 9.32. The molecule has 0 atom stereocenters. The smallest absolute Gasteiger partial charge is 0.413 e. The van der Waals surface area contributed by atoms with Crippen LogP contribution in [-0.2, 0) is 17.7 Å². The molecule has 1 aliphatic rings. The van der Waals surface area contributed by atoms with E-state index >= 15 is 0 Å². The molecule has 0 aromatic carbocycles. The van der Waals surface area contributed by atoms with E-state index in [2.05, 4.69) is 15.6 Å². The van der Waals surface area contributed by atoms with Crippen LogP contribution in [0.4, 0.5) is 9.93 Å². The maximum absolute atomic E-state index is 11.1. The number of hydrogen-bond donors (Lipinski definition) is 2. The molecule has 1 aliphatic heterocycles. The second-order valence-corrected chi connectivity index (χ2v) is 4.24. The summed E-state index contributed by atoms with van der Waals surface area (Å²) in [6, 6.07) is 0. The summed E-state index contributed by atoms with van der Waals surface area (Å²) in [4.78, 5) is 16.7. The Labute approximate surface area is 91.9 Å². The molecule has 0 saturated heterocycles. The van der Waals surface area contributed by atoms with Gasteiger partial charge >= 0.3 is 6.09 Å². The quantitative estimate of drug-likeness (QED) is 0.800. The predicted octanol–water partition coefficient (Wildman–Crippen LogP) is 1.36. The molecule has 0 unspecified atom stereocenters. The van der Waals surface area contributed by atoms with Crippen molar-refractivity contribution in [1.29, 1.82) is 0 Å². The molecule has 2 rings (SSSR count). The standard InChI is InChI=1S/C9H13N3O2S/c1-2-14-9(13)12-8-11-6-3-4-10-5-7(6)15-8/h10H,2-5H2,1H3,(H,11,12,13). The number of rotatable bonds is 2. The third-order valence-corrected chi connectivity index (χ3v) is 3.10. The Morgan fingerprint density at radius 2 is 2.60 bits per heavy atom. The van der Waals surface area contributed by atoms with Gasteiger partial charge in [0.1, 0.15) is 0 Å². The van der Waals surface area contributed by atoms with E-state index in [9.17, 15) is 4.79 Å². The second-order valence-electron chi connectivity index (χ2n) is 3.16. The Hall–Kier alpha value is -1.14. The minimum absolute atomic E-state index is 0.373. The Balaban J connectivity index is 2.03. The minimum Gasteiger partial charge on any atom is -0.450 e. The number of anilines is 1. The molecule has 0 saturated carbocycles. The summed E-state index contributed by atoms with van der Waals surface area (Å²) < 4.78 is 4.78. The van der Waals surface area contributed by atoms with E-state index in [4.69, 9.17) is 4.74 Å². The fourth-order valence-electron chi connectivity index (χ4n) is 1.43. The van der Waals surface area contributed by atoms with Gasteiger partial charge in [-0.1, -0.05) is 11.3 Å². The van der Waals surface area contributed by atoms with Crippen molar-refractivity contribution in [2.75, 3.05) is 18.5 Å². The molecule has 0 fully saturated rings. The number of nitrogens with zero attached hydrogens (tertiary/aromatic N) is 1. The van der Waals surface area contributed by atoms with Crippen LogP contribution in [0.25, 0.3) is 0 Å². The van der Waals surface area contributed by atoms with Gasteiger partial charge in [0.05, 0.1) is 12.3 Å². The van der Waals surface area contributed by atoms with Gasteiger partial charge in [0.2, 0.25) is 0 Å². The topological polar surface area (TPSA) is 63.2 Å². The fraction of sp³-hybridized carbons (Fsp3) is 0.556. The molecule has 2 heterocycles. The summed E-state index contributed by atoms with van der Waals surface area (Å²) in [5.74, 6) is 0. The summed E-state index contributed by atoms with van der Waals surface area (Å²) in [6.45, 7) is 3.95. The van der Waals surface area contributed by atoms with E-state index in [1.54, 1.807) is 6.92 Å². The van der Waals surface area contributed by atoms with Crippen LogP contribution in [0.5, 0.6) is 0 Å². The zero-order valence-electron chi connectivity index (χ0n) is 8.50. The Morgan fingerprint density at radius 1 is 1.73 bits per heavy atom. The summed E-state index contributed by atoms with van der Waals surface area (Å²) in [5, 5.41) is 6.50. The van der Waals surface area contributed by atoms with Crippen molar-refractivity contribution in [2.24, 2.45) is 0 Å². The van der Waals surface area contributed by atoms with E-state index in [0.29, 0.717) is 11.7 Å². The highest BCUT2D eigenvalue weighted by Crippen LogP contribution is 2.25. The SMILES string of the molecule is CCOC(=O)Nc1nc2c(s1)CNCC2. The van der Waals surface area contributed by atoms with E-state index in [1.165, 1.54) is 16.2 Å². The van der Waals surface area contributed by atoms with E-state index in [0.717, 1.165) is 25.2 Å². The van der Waals surface area contributed by atoms with Crippen molar-refractivity contribution >= 4 is 22.6 Å². The van der Waals surface area contributed by atoms with E-state index in [-0.39, 0.29) is 0 Å². The Kier molecular flexibility index (Phi) is 3.17. The first-order valence-corrected chi connectivity index (χ1v) is 5.74. The van der Waals surface area contributed by atoms with Gasteiger partial charge < -0.3 is 10.1 Å². The van der Waals surface area contributed by atoms with Crippen LogP contribution in [0, 0.1) is 0 Å². The van der Waals surface area contributed by atoms with Gasteiger partial charge in [-0.3, -0.25) is 5.32 Å². The van der Waals surface area contributed by atoms with Gasteiger partial charge in [-0.05, 0) is 6.92 Å². The number of thiazole rings is 1. The molecule has 1 aromatic heterocycles. The van der Waals surface area contributed by atoms with Crippen LogP contribution < -0.4 is 10.6 Å². The fourth-order valence-corrected chi connectivity index (χ4v) is 2.40. The molecule has 1 amide bonds. The predicted molar refractivity (Wildman–Crippen MR) is 58.2 cm³/mol. The Bertz CT molecular complexity index is 341. The molecule has 6 heteroatoms. The summed E-state index contributed by atoms with van der Waals surface area (Å²) in [6.07, 6.45) is 0.493. The maximum atomic E-state index is 11.1. The zero-order chi connectivity index (χ0) is 10.7. The molecule has 0 bridgehead atoms. The van der Waals surface area contributed by atoms with Gasteiger partial charge in [0.15, 0.2) is 5.13 Å². The lowest BCUT2D eigenvalue weighted by Crippen LogP contribution is -2.22. The van der Waals surface area contributed by atoms with E-state index < -0.39 is 6.09 Å². The number of aromatic nitrogens is 1. The van der Waals surface area contributed by atoms with Crippen molar-refractivity contribution < 1.29 is 9.53 Å². The molecule has 15 heavy (non-hydrogen) atoms. The first-order valence-electron chi connectivity index (χ1n) is 4.92. The lowest BCUT2D eigenvalue weighted by Gasteiger charge is -2.09. The first-order chi connectivity index (χ1) is 7.29. The van der Waals surface area contributed by atoms with E-state index in [1.807, 2.05) is 0 Å². The molecular formula is C9H13N3O2S. The average molecular weight is 227 g/mol. The number of nitrogens with one attached hydrogen (secondary N) is 2. The largest absolute Gasteiger partial charge is 0.450 e. The number of ether oxygens (including phenoxy) is 1. The highest BCUT2D eigenvalue weighted by atomic mass is 32.1. The minimum atomic E-state index is -0.434. The number of fused-ring (bicyclic) bond motifs is 1. The van der Waals surface area contributed by atoms with Crippen LogP contribution in [-0.4, -0.2) is 24.2 Å². The summed E-state index contributed by atoms with van der Waals surface area (Å²) in [5.41, 5.74) is 1.09. The van der Waals surface area contributed by atoms with Gasteiger partial charge in [-0.2, -0.15) is 0 Å². The van der Waals surface area contributed by atoms with Gasteiger partial charge in [0, 0.05) is 24.4 Å². The molecule has 0 radical (unpaired) electrons. The van der Waals surface area contributed by atoms with Crippen molar-refractivity contribution in [3.8, 4) is 0 Å². The monoisotopic (exact) mass is 227 g/mol. The third-order valence-electron chi connectivity index (χ3n) is 2.09. The molecule has 5 nitrogen and oxygen atoms in total. The van der Waals surface area contributed by atoms with Crippen LogP contribution in [0.3, 0.4) is 0 Å². The lowest BCUT2D eigenvalue weighted by molar-refractivity contribution is 0.168.